The number of nitrogens with one attached hydrogen (secondary N) is 1. The van der Waals surface area contributed by atoms with Gasteiger partial charge in [-0.3, -0.25) is 4.79 Å². The first kappa shape index (κ1) is 17.9. The number of carboxylic acids is 1. The normalized spacial score (nSPS) is 19.8. The number of carbonyl (C=O) groups is 2. The fourth-order valence-corrected chi connectivity index (χ4v) is 3.08. The van der Waals surface area contributed by atoms with E-state index in [0.29, 0.717) is 30.0 Å². The van der Waals surface area contributed by atoms with Crippen molar-refractivity contribution in [1.82, 2.24) is 10.3 Å². The number of amides is 1. The summed E-state index contributed by atoms with van der Waals surface area (Å²) in [4.78, 5) is 29.8. The molecule has 3 N–H and O–H groups in total. The molecule has 2 aromatic rings. The number of aryl methyl sites for hydroxylation is 1. The maximum Gasteiger partial charge on any atom is 0.339 e. The predicted molar refractivity (Wildman–Crippen MR) is 96.5 cm³/mol. The van der Waals surface area contributed by atoms with Crippen LogP contribution in [-0.4, -0.2) is 52.3 Å². The fraction of sp³-hybridized carbons (Fsp3) is 0.316. The van der Waals surface area contributed by atoms with E-state index in [2.05, 4.69) is 10.3 Å². The number of β-amino-alcohol motifs (C(OH)–C–C–N with tert-alkyl or cyclic N) is 1. The van der Waals surface area contributed by atoms with E-state index in [1.54, 1.807) is 42.2 Å². The van der Waals surface area contributed by atoms with Crippen molar-refractivity contribution in [1.29, 1.82) is 0 Å². The number of benzene rings is 1. The van der Waals surface area contributed by atoms with E-state index in [9.17, 15) is 19.8 Å². The molecule has 1 aliphatic heterocycles. The van der Waals surface area contributed by atoms with Gasteiger partial charge in [0.1, 0.15) is 11.4 Å². The Morgan fingerprint density at radius 2 is 1.92 bits per heavy atom. The zero-order valence-electron chi connectivity index (χ0n) is 14.4. The van der Waals surface area contributed by atoms with Gasteiger partial charge in [0.05, 0.1) is 12.1 Å². The molecule has 2 heterocycles. The summed E-state index contributed by atoms with van der Waals surface area (Å²) in [5.41, 5.74) is 1.35. The molecular weight excluding hydrogens is 334 g/mol. The van der Waals surface area contributed by atoms with Crippen LogP contribution in [0.1, 0.15) is 32.8 Å². The van der Waals surface area contributed by atoms with Crippen LogP contribution in [0.2, 0.25) is 0 Å². The van der Waals surface area contributed by atoms with Gasteiger partial charge >= 0.3 is 5.97 Å². The molecular formula is C19H21N3O4. The minimum atomic E-state index is -1.05. The largest absolute Gasteiger partial charge is 0.478 e. The molecule has 1 aliphatic rings. The summed E-state index contributed by atoms with van der Waals surface area (Å²) in [7, 11) is 0. The number of anilines is 1. The number of hydrogen-bond acceptors (Lipinski definition) is 5. The topological polar surface area (TPSA) is 103 Å². The Labute approximate surface area is 151 Å². The number of hydrogen-bond donors (Lipinski definition) is 3. The number of piperidine rings is 1. The van der Waals surface area contributed by atoms with Crippen molar-refractivity contribution in [3.8, 4) is 0 Å². The molecule has 7 nitrogen and oxygen atoms in total. The molecule has 1 amide bonds. The molecule has 0 radical (unpaired) electrons. The quantitative estimate of drug-likeness (QED) is 0.767. The minimum Gasteiger partial charge on any atom is -0.478 e. The Balaban J connectivity index is 1.70. The van der Waals surface area contributed by atoms with Gasteiger partial charge in [0, 0.05) is 24.3 Å². The number of carbonyl (C=O) groups excluding carboxylic acids is 1. The Hall–Kier alpha value is -2.93. The first-order valence-corrected chi connectivity index (χ1v) is 8.45. The molecule has 26 heavy (non-hydrogen) atoms. The van der Waals surface area contributed by atoms with Crippen LogP contribution in [0.4, 0.5) is 5.82 Å². The van der Waals surface area contributed by atoms with Gasteiger partial charge in [0.2, 0.25) is 0 Å². The molecule has 7 heteroatoms. The predicted octanol–water partition coefficient (Wildman–Crippen LogP) is 1.46. The van der Waals surface area contributed by atoms with Crippen LogP contribution in [0.15, 0.2) is 42.5 Å². The highest BCUT2D eigenvalue weighted by Crippen LogP contribution is 2.23. The maximum atomic E-state index is 12.3. The number of aromatic carboxylic acids is 1. The van der Waals surface area contributed by atoms with Gasteiger partial charge in [-0.1, -0.05) is 18.2 Å². The highest BCUT2D eigenvalue weighted by Gasteiger charge is 2.31. The average Bonchev–Trinajstić information content (AvgIpc) is 2.63. The lowest BCUT2D eigenvalue weighted by Crippen LogP contribution is -2.54. The maximum absolute atomic E-state index is 12.3. The summed E-state index contributed by atoms with van der Waals surface area (Å²) < 4.78 is 0. The van der Waals surface area contributed by atoms with Crippen molar-refractivity contribution < 1.29 is 19.8 Å². The zero-order valence-corrected chi connectivity index (χ0v) is 14.4. The van der Waals surface area contributed by atoms with E-state index < -0.39 is 18.1 Å². The molecule has 3 rings (SSSR count). The summed E-state index contributed by atoms with van der Waals surface area (Å²) >= 11 is 0. The van der Waals surface area contributed by atoms with Gasteiger partial charge in [-0.05, 0) is 37.6 Å². The number of aliphatic hydroxyl groups is 1. The molecule has 1 saturated heterocycles. The van der Waals surface area contributed by atoms with E-state index >= 15 is 0 Å². The number of rotatable bonds is 4. The van der Waals surface area contributed by atoms with Crippen LogP contribution in [0, 0.1) is 6.92 Å². The first-order chi connectivity index (χ1) is 12.5. The van der Waals surface area contributed by atoms with Crippen molar-refractivity contribution in [3.63, 3.8) is 0 Å². The summed E-state index contributed by atoms with van der Waals surface area (Å²) in [5, 5.41) is 22.7. The molecule has 2 atom stereocenters. The molecule has 0 spiro atoms. The second-order valence-electron chi connectivity index (χ2n) is 6.38. The van der Waals surface area contributed by atoms with Crippen LogP contribution < -0.4 is 10.2 Å². The van der Waals surface area contributed by atoms with E-state index in [1.807, 2.05) is 6.07 Å². The Bertz CT molecular complexity index is 810. The third-order valence-corrected chi connectivity index (χ3v) is 4.48. The van der Waals surface area contributed by atoms with Crippen molar-refractivity contribution in [2.75, 3.05) is 18.0 Å². The van der Waals surface area contributed by atoms with Gasteiger partial charge in [-0.2, -0.15) is 0 Å². The highest BCUT2D eigenvalue weighted by molar-refractivity contribution is 5.94. The fourth-order valence-electron chi connectivity index (χ4n) is 3.08. The minimum absolute atomic E-state index is 0.106. The number of aliphatic hydroxyl groups excluding tert-OH is 1. The smallest absolute Gasteiger partial charge is 0.339 e. The standard InChI is InChI=1S/C19H21N3O4/c1-12-7-8-14(19(25)26)17(20-12)22-10-9-15(16(23)11-22)21-18(24)13-5-3-2-4-6-13/h2-8,15-16,23H,9-11H2,1H3,(H,21,24)(H,25,26)/t15-,16-/m1/s1. The molecule has 1 aromatic carbocycles. The number of carboxylic acid groups (broad SMARTS) is 1. The van der Waals surface area contributed by atoms with E-state index in [1.165, 1.54) is 6.07 Å². The average molecular weight is 355 g/mol. The molecule has 136 valence electrons. The lowest BCUT2D eigenvalue weighted by molar-refractivity contribution is 0.0695. The van der Waals surface area contributed by atoms with Gasteiger partial charge in [-0.15, -0.1) is 0 Å². The van der Waals surface area contributed by atoms with Crippen molar-refractivity contribution in [3.05, 3.63) is 59.3 Å². The van der Waals surface area contributed by atoms with Crippen molar-refractivity contribution >= 4 is 17.7 Å². The summed E-state index contributed by atoms with van der Waals surface area (Å²) in [6, 6.07) is 11.6. The van der Waals surface area contributed by atoms with E-state index in [-0.39, 0.29) is 18.0 Å². The van der Waals surface area contributed by atoms with Crippen molar-refractivity contribution in [2.45, 2.75) is 25.5 Å². The lowest BCUT2D eigenvalue weighted by atomic mass is 10.0. The van der Waals surface area contributed by atoms with Gasteiger partial charge in [0.25, 0.3) is 5.91 Å². The molecule has 0 bridgehead atoms. The molecule has 1 fully saturated rings. The summed E-state index contributed by atoms with van der Waals surface area (Å²) in [6.45, 7) is 2.49. The van der Waals surface area contributed by atoms with Gasteiger partial charge in [-0.25, -0.2) is 9.78 Å². The van der Waals surface area contributed by atoms with Crippen LogP contribution >= 0.6 is 0 Å². The monoisotopic (exact) mass is 355 g/mol. The van der Waals surface area contributed by atoms with Crippen LogP contribution in [0.3, 0.4) is 0 Å². The molecule has 0 unspecified atom stereocenters. The van der Waals surface area contributed by atoms with Gasteiger partial charge < -0.3 is 20.4 Å². The van der Waals surface area contributed by atoms with Crippen LogP contribution in [0.25, 0.3) is 0 Å². The first-order valence-electron chi connectivity index (χ1n) is 8.45. The van der Waals surface area contributed by atoms with Crippen LogP contribution in [-0.2, 0) is 0 Å². The second-order valence-corrected chi connectivity index (χ2v) is 6.38. The summed E-state index contributed by atoms with van der Waals surface area (Å²) in [6.07, 6.45) is -0.325. The molecule has 0 saturated carbocycles. The van der Waals surface area contributed by atoms with E-state index in [0.717, 1.165) is 0 Å². The summed E-state index contributed by atoms with van der Waals surface area (Å²) in [5.74, 6) is -0.936. The Morgan fingerprint density at radius 3 is 2.58 bits per heavy atom. The third-order valence-electron chi connectivity index (χ3n) is 4.48. The highest BCUT2D eigenvalue weighted by atomic mass is 16.4. The van der Waals surface area contributed by atoms with Crippen LogP contribution in [0.5, 0.6) is 0 Å². The molecule has 0 aliphatic carbocycles. The molecule has 1 aromatic heterocycles. The van der Waals surface area contributed by atoms with Crippen molar-refractivity contribution in [2.24, 2.45) is 0 Å². The van der Waals surface area contributed by atoms with E-state index in [4.69, 9.17) is 0 Å². The number of pyridine rings is 1. The number of nitrogens with zero attached hydrogens (tertiary/aromatic N) is 2. The second kappa shape index (κ2) is 7.53. The number of aromatic nitrogens is 1. The Morgan fingerprint density at radius 1 is 1.19 bits per heavy atom. The Kier molecular flexibility index (Phi) is 5.18. The third kappa shape index (κ3) is 3.83. The zero-order chi connectivity index (χ0) is 18.7. The SMILES string of the molecule is Cc1ccc(C(=O)O)c(N2CC[C@@H](NC(=O)c3ccccc3)[C@H](O)C2)n1. The van der Waals surface area contributed by atoms with Gasteiger partial charge in [0.15, 0.2) is 0 Å². The lowest BCUT2D eigenvalue weighted by Gasteiger charge is -2.37.